The Kier molecular flexibility index (Phi) is 3.77. The Morgan fingerprint density at radius 3 is 2.90 bits per heavy atom. The van der Waals surface area contributed by atoms with E-state index < -0.39 is 10.0 Å². The van der Waals surface area contributed by atoms with Gasteiger partial charge >= 0.3 is 0 Å². The van der Waals surface area contributed by atoms with Gasteiger partial charge in [-0.05, 0) is 60.9 Å². The van der Waals surface area contributed by atoms with Gasteiger partial charge in [0.2, 0.25) is 10.0 Å². The zero-order chi connectivity index (χ0) is 15.0. The van der Waals surface area contributed by atoms with Gasteiger partial charge in [-0.1, -0.05) is 6.07 Å². The summed E-state index contributed by atoms with van der Waals surface area (Å²) in [5.74, 6) is 0. The molecule has 1 aromatic carbocycles. The summed E-state index contributed by atoms with van der Waals surface area (Å²) in [7, 11) is -3.68. The lowest BCUT2D eigenvalue weighted by Gasteiger charge is -2.25. The van der Waals surface area contributed by atoms with E-state index in [1.54, 1.807) is 30.4 Å². The van der Waals surface area contributed by atoms with Crippen molar-refractivity contribution < 1.29 is 8.42 Å². The molecule has 3 rings (SSSR count). The number of sulfonamides is 1. The van der Waals surface area contributed by atoms with E-state index in [0.717, 1.165) is 24.9 Å². The maximum atomic E-state index is 11.6. The highest BCUT2D eigenvalue weighted by atomic mass is 32.2. The van der Waals surface area contributed by atoms with Crippen molar-refractivity contribution in [2.75, 3.05) is 5.32 Å². The highest BCUT2D eigenvalue weighted by Gasteiger charge is 2.21. The number of hydrogen-bond donors (Lipinski definition) is 2. The number of nitrogens with one attached hydrogen (secondary N) is 1. The normalized spacial score (nSPS) is 18.3. The number of aryl methyl sites for hydroxylation is 2. The SMILES string of the molecule is Cc1ccc(NC2CCCc3sccc32)cc1S(N)(=O)=O. The Morgan fingerprint density at radius 1 is 1.33 bits per heavy atom. The first-order valence-corrected chi connectivity index (χ1v) is 9.34. The Morgan fingerprint density at radius 2 is 2.14 bits per heavy atom. The second-order valence-corrected chi connectivity index (χ2v) is 7.94. The molecule has 2 aromatic rings. The van der Waals surface area contributed by atoms with Crippen molar-refractivity contribution in [1.29, 1.82) is 0 Å². The second kappa shape index (κ2) is 5.44. The first-order chi connectivity index (χ1) is 9.95. The third kappa shape index (κ3) is 2.97. The molecule has 1 aliphatic rings. The first kappa shape index (κ1) is 14.6. The fourth-order valence-corrected chi connectivity index (χ4v) is 4.63. The minimum Gasteiger partial charge on any atom is -0.378 e. The molecule has 0 spiro atoms. The lowest BCUT2D eigenvalue weighted by molar-refractivity contribution is 0.596. The van der Waals surface area contributed by atoms with Crippen LogP contribution >= 0.6 is 11.3 Å². The molecule has 6 heteroatoms. The van der Waals surface area contributed by atoms with Crippen molar-refractivity contribution in [3.63, 3.8) is 0 Å². The zero-order valence-corrected chi connectivity index (χ0v) is 13.4. The van der Waals surface area contributed by atoms with Gasteiger partial charge in [-0.15, -0.1) is 11.3 Å². The van der Waals surface area contributed by atoms with Crippen LogP contribution in [-0.4, -0.2) is 8.42 Å². The van der Waals surface area contributed by atoms with Crippen LogP contribution in [0.1, 0.15) is 34.9 Å². The topological polar surface area (TPSA) is 72.2 Å². The van der Waals surface area contributed by atoms with Gasteiger partial charge < -0.3 is 5.32 Å². The first-order valence-electron chi connectivity index (χ1n) is 6.91. The summed E-state index contributed by atoms with van der Waals surface area (Å²) in [4.78, 5) is 1.62. The fraction of sp³-hybridized carbons (Fsp3) is 0.333. The monoisotopic (exact) mass is 322 g/mol. The predicted octanol–water partition coefficient (Wildman–Crippen LogP) is 3.19. The number of hydrogen-bond acceptors (Lipinski definition) is 4. The lowest BCUT2D eigenvalue weighted by Crippen LogP contribution is -2.17. The van der Waals surface area contributed by atoms with E-state index >= 15 is 0 Å². The van der Waals surface area contributed by atoms with Gasteiger partial charge in [0.1, 0.15) is 0 Å². The van der Waals surface area contributed by atoms with Crippen molar-refractivity contribution in [2.24, 2.45) is 5.14 Å². The molecule has 0 saturated heterocycles. The molecular formula is C15H18N2O2S2. The molecule has 1 unspecified atom stereocenters. The molecule has 0 radical (unpaired) electrons. The molecule has 0 fully saturated rings. The van der Waals surface area contributed by atoms with E-state index in [0.29, 0.717) is 5.56 Å². The van der Waals surface area contributed by atoms with Crippen LogP contribution in [0.5, 0.6) is 0 Å². The number of primary sulfonamides is 1. The minimum absolute atomic E-state index is 0.189. The Bertz CT molecular complexity index is 766. The quantitative estimate of drug-likeness (QED) is 0.911. The Balaban J connectivity index is 1.91. The van der Waals surface area contributed by atoms with E-state index in [1.165, 1.54) is 10.4 Å². The average Bonchev–Trinajstić information content (AvgIpc) is 2.89. The molecule has 1 aromatic heterocycles. The number of thiophene rings is 1. The molecule has 0 saturated carbocycles. The van der Waals surface area contributed by atoms with Crippen molar-refractivity contribution in [2.45, 2.75) is 37.1 Å². The number of rotatable bonds is 3. The zero-order valence-electron chi connectivity index (χ0n) is 11.8. The van der Waals surface area contributed by atoms with Crippen LogP contribution in [0.15, 0.2) is 34.5 Å². The van der Waals surface area contributed by atoms with Crippen LogP contribution in [0.2, 0.25) is 0 Å². The lowest BCUT2D eigenvalue weighted by atomic mass is 9.94. The maximum Gasteiger partial charge on any atom is 0.238 e. The average molecular weight is 322 g/mol. The highest BCUT2D eigenvalue weighted by Crippen LogP contribution is 2.35. The maximum absolute atomic E-state index is 11.6. The van der Waals surface area contributed by atoms with E-state index in [-0.39, 0.29) is 10.9 Å². The summed E-state index contributed by atoms with van der Waals surface area (Å²) in [6.45, 7) is 1.75. The van der Waals surface area contributed by atoms with E-state index in [1.807, 2.05) is 6.07 Å². The highest BCUT2D eigenvalue weighted by molar-refractivity contribution is 7.89. The molecule has 21 heavy (non-hydrogen) atoms. The number of anilines is 1. The molecule has 1 atom stereocenters. The van der Waals surface area contributed by atoms with Gasteiger partial charge in [0.05, 0.1) is 10.9 Å². The Labute approximate surface area is 129 Å². The fourth-order valence-electron chi connectivity index (χ4n) is 2.83. The van der Waals surface area contributed by atoms with Crippen LogP contribution in [0.4, 0.5) is 5.69 Å². The van der Waals surface area contributed by atoms with E-state index in [2.05, 4.69) is 16.8 Å². The molecule has 1 heterocycles. The smallest absolute Gasteiger partial charge is 0.238 e. The number of nitrogens with two attached hydrogens (primary N) is 1. The summed E-state index contributed by atoms with van der Waals surface area (Å²) in [6, 6.07) is 7.73. The second-order valence-electron chi connectivity index (χ2n) is 5.41. The number of benzene rings is 1. The molecule has 4 nitrogen and oxygen atoms in total. The molecule has 0 amide bonds. The third-order valence-electron chi connectivity index (χ3n) is 3.89. The van der Waals surface area contributed by atoms with E-state index in [4.69, 9.17) is 5.14 Å². The molecular weight excluding hydrogens is 304 g/mol. The van der Waals surface area contributed by atoms with Crippen LogP contribution < -0.4 is 10.5 Å². The van der Waals surface area contributed by atoms with Crippen molar-refractivity contribution in [1.82, 2.24) is 0 Å². The molecule has 0 aliphatic heterocycles. The molecule has 0 bridgehead atoms. The van der Waals surface area contributed by atoms with Crippen molar-refractivity contribution in [3.05, 3.63) is 45.6 Å². The number of fused-ring (bicyclic) bond motifs is 1. The summed E-state index contributed by atoms with van der Waals surface area (Å²) in [5.41, 5.74) is 2.81. The molecule has 112 valence electrons. The van der Waals surface area contributed by atoms with Crippen LogP contribution in [-0.2, 0) is 16.4 Å². The van der Waals surface area contributed by atoms with Crippen LogP contribution in [0, 0.1) is 6.92 Å². The van der Waals surface area contributed by atoms with Crippen LogP contribution in [0.3, 0.4) is 0 Å². The largest absolute Gasteiger partial charge is 0.378 e. The van der Waals surface area contributed by atoms with Crippen molar-refractivity contribution >= 4 is 27.0 Å². The minimum atomic E-state index is -3.68. The van der Waals surface area contributed by atoms with Crippen molar-refractivity contribution in [3.8, 4) is 0 Å². The standard InChI is InChI=1S/C15H18N2O2S2/c1-10-5-6-11(9-15(10)21(16,18)19)17-13-3-2-4-14-12(13)7-8-20-14/h5-9,13,17H,2-4H2,1H3,(H2,16,18,19). The van der Waals surface area contributed by atoms with Crippen LogP contribution in [0.25, 0.3) is 0 Å². The summed E-state index contributed by atoms with van der Waals surface area (Å²) >= 11 is 1.79. The van der Waals surface area contributed by atoms with Gasteiger partial charge in [-0.2, -0.15) is 0 Å². The van der Waals surface area contributed by atoms with Gasteiger partial charge in [-0.25, -0.2) is 13.6 Å². The third-order valence-corrected chi connectivity index (χ3v) is 5.94. The Hall–Kier alpha value is -1.37. The van der Waals surface area contributed by atoms with Gasteiger partial charge in [0.25, 0.3) is 0 Å². The van der Waals surface area contributed by atoms with Gasteiger partial charge in [0.15, 0.2) is 0 Å². The van der Waals surface area contributed by atoms with Gasteiger partial charge in [-0.3, -0.25) is 0 Å². The summed E-state index contributed by atoms with van der Waals surface area (Å²) in [5, 5.41) is 10.8. The van der Waals surface area contributed by atoms with E-state index in [9.17, 15) is 8.42 Å². The molecule has 3 N–H and O–H groups in total. The summed E-state index contributed by atoms with van der Waals surface area (Å²) < 4.78 is 23.2. The summed E-state index contributed by atoms with van der Waals surface area (Å²) in [6.07, 6.45) is 3.35. The molecule has 1 aliphatic carbocycles. The van der Waals surface area contributed by atoms with Gasteiger partial charge in [0, 0.05) is 10.6 Å². The predicted molar refractivity (Wildman–Crippen MR) is 86.2 cm³/mol.